The van der Waals surface area contributed by atoms with Crippen LogP contribution in [0.3, 0.4) is 0 Å². The van der Waals surface area contributed by atoms with Gasteiger partial charge in [0, 0.05) is 29.7 Å². The SMILES string of the molecule is CC1CCCCC1NC(=O)C1CC(=O)N(c2ccc(Cl)cc2)C1. The van der Waals surface area contributed by atoms with Gasteiger partial charge < -0.3 is 10.2 Å². The van der Waals surface area contributed by atoms with Crippen LogP contribution in [0.15, 0.2) is 24.3 Å². The highest BCUT2D eigenvalue weighted by Gasteiger charge is 2.36. The Morgan fingerprint density at radius 3 is 2.61 bits per heavy atom. The van der Waals surface area contributed by atoms with Gasteiger partial charge in [-0.3, -0.25) is 9.59 Å². The summed E-state index contributed by atoms with van der Waals surface area (Å²) in [7, 11) is 0. The predicted molar refractivity (Wildman–Crippen MR) is 91.5 cm³/mol. The Hall–Kier alpha value is -1.55. The molecule has 3 rings (SSSR count). The van der Waals surface area contributed by atoms with Crippen molar-refractivity contribution in [2.45, 2.75) is 45.1 Å². The van der Waals surface area contributed by atoms with E-state index >= 15 is 0 Å². The van der Waals surface area contributed by atoms with Gasteiger partial charge in [0.25, 0.3) is 0 Å². The number of nitrogens with one attached hydrogen (secondary N) is 1. The molecular weight excluding hydrogens is 312 g/mol. The van der Waals surface area contributed by atoms with Crippen LogP contribution >= 0.6 is 11.6 Å². The molecule has 2 amide bonds. The fourth-order valence-corrected chi connectivity index (χ4v) is 3.71. The van der Waals surface area contributed by atoms with Crippen LogP contribution in [-0.4, -0.2) is 24.4 Å². The van der Waals surface area contributed by atoms with Crippen LogP contribution in [0.2, 0.25) is 5.02 Å². The molecule has 1 aromatic rings. The molecule has 0 radical (unpaired) electrons. The lowest BCUT2D eigenvalue weighted by atomic mass is 9.85. The lowest BCUT2D eigenvalue weighted by Gasteiger charge is -2.30. The molecule has 2 fully saturated rings. The number of nitrogens with zero attached hydrogens (tertiary/aromatic N) is 1. The average molecular weight is 335 g/mol. The molecule has 0 spiro atoms. The molecule has 124 valence electrons. The van der Waals surface area contributed by atoms with E-state index < -0.39 is 0 Å². The van der Waals surface area contributed by atoms with Crippen LogP contribution in [-0.2, 0) is 9.59 Å². The van der Waals surface area contributed by atoms with Crippen molar-refractivity contribution in [1.82, 2.24) is 5.32 Å². The van der Waals surface area contributed by atoms with Crippen LogP contribution < -0.4 is 10.2 Å². The summed E-state index contributed by atoms with van der Waals surface area (Å²) in [6.07, 6.45) is 4.94. The highest BCUT2D eigenvalue weighted by atomic mass is 35.5. The van der Waals surface area contributed by atoms with E-state index in [-0.39, 0.29) is 30.2 Å². The van der Waals surface area contributed by atoms with Crippen molar-refractivity contribution in [1.29, 1.82) is 0 Å². The van der Waals surface area contributed by atoms with Crippen LogP contribution in [0.1, 0.15) is 39.0 Å². The van der Waals surface area contributed by atoms with Crippen LogP contribution in [0.5, 0.6) is 0 Å². The zero-order chi connectivity index (χ0) is 16.4. The third-order valence-electron chi connectivity index (χ3n) is 5.07. The summed E-state index contributed by atoms with van der Waals surface area (Å²) in [4.78, 5) is 26.5. The Morgan fingerprint density at radius 1 is 1.22 bits per heavy atom. The van der Waals surface area contributed by atoms with E-state index in [1.165, 1.54) is 19.3 Å². The molecule has 2 aliphatic rings. The number of rotatable bonds is 3. The van der Waals surface area contributed by atoms with E-state index in [9.17, 15) is 9.59 Å². The molecule has 1 saturated heterocycles. The second kappa shape index (κ2) is 6.91. The Labute approximate surface area is 142 Å². The molecule has 23 heavy (non-hydrogen) atoms. The topological polar surface area (TPSA) is 49.4 Å². The maximum atomic E-state index is 12.5. The largest absolute Gasteiger partial charge is 0.353 e. The quantitative estimate of drug-likeness (QED) is 0.921. The highest BCUT2D eigenvalue weighted by Crippen LogP contribution is 2.28. The molecule has 5 heteroatoms. The highest BCUT2D eigenvalue weighted by molar-refractivity contribution is 6.30. The Balaban J connectivity index is 1.62. The number of amides is 2. The van der Waals surface area contributed by atoms with E-state index in [0.29, 0.717) is 17.5 Å². The second-order valence-electron chi connectivity index (χ2n) is 6.76. The van der Waals surface area contributed by atoms with Crippen molar-refractivity contribution >= 4 is 29.1 Å². The van der Waals surface area contributed by atoms with Gasteiger partial charge in [-0.25, -0.2) is 0 Å². The summed E-state index contributed by atoms with van der Waals surface area (Å²) in [6.45, 7) is 2.65. The zero-order valence-corrected chi connectivity index (χ0v) is 14.2. The number of halogens is 1. The first kappa shape index (κ1) is 16.3. The second-order valence-corrected chi connectivity index (χ2v) is 7.20. The monoisotopic (exact) mass is 334 g/mol. The van der Waals surface area contributed by atoms with Crippen molar-refractivity contribution in [2.75, 3.05) is 11.4 Å². The van der Waals surface area contributed by atoms with Gasteiger partial charge in [0.15, 0.2) is 0 Å². The van der Waals surface area contributed by atoms with Crippen molar-refractivity contribution in [3.63, 3.8) is 0 Å². The average Bonchev–Trinajstić information content (AvgIpc) is 2.92. The van der Waals surface area contributed by atoms with Crippen molar-refractivity contribution in [2.24, 2.45) is 11.8 Å². The van der Waals surface area contributed by atoms with E-state index in [1.54, 1.807) is 17.0 Å². The van der Waals surface area contributed by atoms with Gasteiger partial charge in [-0.05, 0) is 43.0 Å². The molecule has 1 aromatic carbocycles. The lowest BCUT2D eigenvalue weighted by Crippen LogP contribution is -2.44. The Morgan fingerprint density at radius 2 is 1.91 bits per heavy atom. The molecule has 1 aliphatic carbocycles. The summed E-state index contributed by atoms with van der Waals surface area (Å²) < 4.78 is 0. The van der Waals surface area contributed by atoms with E-state index in [2.05, 4.69) is 12.2 Å². The first-order chi connectivity index (χ1) is 11.0. The molecule has 3 unspecified atom stereocenters. The van der Waals surface area contributed by atoms with E-state index in [1.807, 2.05) is 12.1 Å². The number of hydrogen-bond acceptors (Lipinski definition) is 2. The summed E-state index contributed by atoms with van der Waals surface area (Å²) in [5.74, 6) is 0.294. The van der Waals surface area contributed by atoms with Gasteiger partial charge >= 0.3 is 0 Å². The standard InChI is InChI=1S/C18H23ClN2O2/c1-12-4-2-3-5-16(12)20-18(23)13-10-17(22)21(11-13)15-8-6-14(19)7-9-15/h6-9,12-13,16H,2-5,10-11H2,1H3,(H,20,23). The van der Waals surface area contributed by atoms with Crippen LogP contribution in [0, 0.1) is 11.8 Å². The van der Waals surface area contributed by atoms with Gasteiger partial charge in [0.2, 0.25) is 11.8 Å². The van der Waals surface area contributed by atoms with Crippen LogP contribution in [0.25, 0.3) is 0 Å². The molecular formula is C18H23ClN2O2. The fourth-order valence-electron chi connectivity index (χ4n) is 3.59. The summed E-state index contributed by atoms with van der Waals surface area (Å²) in [5, 5.41) is 3.81. The van der Waals surface area contributed by atoms with Gasteiger partial charge in [-0.1, -0.05) is 31.4 Å². The Kier molecular flexibility index (Phi) is 4.90. The third-order valence-corrected chi connectivity index (χ3v) is 5.33. The van der Waals surface area contributed by atoms with Crippen molar-refractivity contribution in [3.8, 4) is 0 Å². The zero-order valence-electron chi connectivity index (χ0n) is 13.4. The maximum Gasteiger partial charge on any atom is 0.227 e. The Bertz CT molecular complexity index is 587. The summed E-state index contributed by atoms with van der Waals surface area (Å²) >= 11 is 5.89. The van der Waals surface area contributed by atoms with Crippen molar-refractivity contribution in [3.05, 3.63) is 29.3 Å². The predicted octanol–water partition coefficient (Wildman–Crippen LogP) is 3.39. The number of hydrogen-bond donors (Lipinski definition) is 1. The first-order valence-electron chi connectivity index (χ1n) is 8.41. The summed E-state index contributed by atoms with van der Waals surface area (Å²) in [6, 6.07) is 7.44. The first-order valence-corrected chi connectivity index (χ1v) is 8.78. The third kappa shape index (κ3) is 3.69. The number of benzene rings is 1. The molecule has 1 aliphatic heterocycles. The molecule has 0 aromatic heterocycles. The molecule has 1 heterocycles. The van der Waals surface area contributed by atoms with Gasteiger partial charge in [0.05, 0.1) is 5.92 Å². The summed E-state index contributed by atoms with van der Waals surface area (Å²) in [5.41, 5.74) is 0.806. The van der Waals surface area contributed by atoms with Gasteiger partial charge in [-0.15, -0.1) is 0 Å². The van der Waals surface area contributed by atoms with E-state index in [0.717, 1.165) is 12.1 Å². The maximum absolute atomic E-state index is 12.5. The molecule has 3 atom stereocenters. The minimum atomic E-state index is -0.257. The minimum Gasteiger partial charge on any atom is -0.353 e. The molecule has 4 nitrogen and oxygen atoms in total. The number of anilines is 1. The van der Waals surface area contributed by atoms with Gasteiger partial charge in [-0.2, -0.15) is 0 Å². The van der Waals surface area contributed by atoms with Gasteiger partial charge in [0.1, 0.15) is 0 Å². The van der Waals surface area contributed by atoms with Crippen LogP contribution in [0.4, 0.5) is 5.69 Å². The molecule has 0 bridgehead atoms. The fraction of sp³-hybridized carbons (Fsp3) is 0.556. The van der Waals surface area contributed by atoms with E-state index in [4.69, 9.17) is 11.6 Å². The minimum absolute atomic E-state index is 0.00386. The lowest BCUT2D eigenvalue weighted by molar-refractivity contribution is -0.127. The van der Waals surface area contributed by atoms with Crippen molar-refractivity contribution < 1.29 is 9.59 Å². The smallest absolute Gasteiger partial charge is 0.227 e. The molecule has 1 N–H and O–H groups in total. The normalized spacial score (nSPS) is 28.0. The number of carbonyl (C=O) groups is 2. The number of carbonyl (C=O) groups excluding carboxylic acids is 2. The molecule has 1 saturated carbocycles.